The van der Waals surface area contributed by atoms with E-state index in [2.05, 4.69) is 4.98 Å². The Morgan fingerprint density at radius 1 is 1.38 bits per heavy atom. The van der Waals surface area contributed by atoms with E-state index in [1.54, 1.807) is 24.4 Å². The van der Waals surface area contributed by atoms with Crippen LogP contribution >= 0.6 is 11.3 Å². The minimum absolute atomic E-state index is 0.213. The van der Waals surface area contributed by atoms with Gasteiger partial charge in [-0.15, -0.1) is 11.3 Å². The number of thiazole rings is 1. The molecule has 16 heavy (non-hydrogen) atoms. The van der Waals surface area contributed by atoms with Crippen molar-refractivity contribution in [2.45, 2.75) is 12.8 Å². The molecule has 0 aliphatic carbocycles. The monoisotopic (exact) mass is 235 g/mol. The van der Waals surface area contributed by atoms with Gasteiger partial charge in [-0.25, -0.2) is 9.37 Å². The average Bonchev–Trinajstić information content (AvgIpc) is 2.70. The number of aldehydes is 1. The number of benzene rings is 1. The molecular weight excluding hydrogens is 225 g/mol. The molecule has 0 saturated heterocycles. The second kappa shape index (κ2) is 4.99. The van der Waals surface area contributed by atoms with Crippen LogP contribution in [0.3, 0.4) is 0 Å². The molecule has 0 bridgehead atoms. The van der Waals surface area contributed by atoms with Crippen LogP contribution in [0.1, 0.15) is 15.4 Å². The first-order chi connectivity index (χ1) is 7.79. The molecule has 0 atom stereocenters. The number of aromatic nitrogens is 1. The maximum Gasteiger partial charge on any atom is 0.126 e. The predicted octanol–water partition coefficient (Wildman–Crippen LogP) is 2.61. The lowest BCUT2D eigenvalue weighted by Gasteiger charge is -1.98. The van der Waals surface area contributed by atoms with Gasteiger partial charge in [-0.2, -0.15) is 0 Å². The molecule has 1 aromatic heterocycles. The zero-order valence-electron chi connectivity index (χ0n) is 8.52. The first kappa shape index (κ1) is 11.0. The van der Waals surface area contributed by atoms with E-state index < -0.39 is 0 Å². The molecule has 0 spiro atoms. The summed E-state index contributed by atoms with van der Waals surface area (Å²) < 4.78 is 13.4. The third-order valence-electron chi connectivity index (χ3n) is 2.19. The zero-order valence-corrected chi connectivity index (χ0v) is 9.34. The van der Waals surface area contributed by atoms with Crippen molar-refractivity contribution in [2.75, 3.05) is 0 Å². The van der Waals surface area contributed by atoms with Crippen LogP contribution in [0.4, 0.5) is 4.39 Å². The lowest BCUT2D eigenvalue weighted by Crippen LogP contribution is -1.90. The van der Waals surface area contributed by atoms with Crippen LogP contribution in [-0.2, 0) is 17.6 Å². The summed E-state index contributed by atoms with van der Waals surface area (Å²) >= 11 is 1.45. The second-order valence-corrected chi connectivity index (χ2v) is 4.56. The Morgan fingerprint density at radius 3 is 2.94 bits per heavy atom. The van der Waals surface area contributed by atoms with E-state index in [0.29, 0.717) is 18.4 Å². The van der Waals surface area contributed by atoms with Crippen molar-refractivity contribution < 1.29 is 9.18 Å². The topological polar surface area (TPSA) is 30.0 Å². The van der Waals surface area contributed by atoms with E-state index in [0.717, 1.165) is 16.2 Å². The SMILES string of the molecule is O=CCc1cnc(Cc2ccccc2F)s1. The maximum atomic E-state index is 13.4. The zero-order chi connectivity index (χ0) is 11.4. The normalized spacial score (nSPS) is 10.3. The molecule has 0 aliphatic rings. The number of hydrogen-bond acceptors (Lipinski definition) is 3. The lowest BCUT2D eigenvalue weighted by atomic mass is 10.1. The van der Waals surface area contributed by atoms with Crippen molar-refractivity contribution in [1.29, 1.82) is 0 Å². The highest BCUT2D eigenvalue weighted by Crippen LogP contribution is 2.18. The van der Waals surface area contributed by atoms with Gasteiger partial charge in [0.1, 0.15) is 12.1 Å². The van der Waals surface area contributed by atoms with Crippen LogP contribution in [0.25, 0.3) is 0 Å². The summed E-state index contributed by atoms with van der Waals surface area (Å²) in [4.78, 5) is 15.4. The third kappa shape index (κ3) is 2.52. The van der Waals surface area contributed by atoms with Gasteiger partial charge < -0.3 is 4.79 Å². The summed E-state index contributed by atoms with van der Waals surface area (Å²) in [7, 11) is 0. The molecule has 0 aliphatic heterocycles. The van der Waals surface area contributed by atoms with Gasteiger partial charge in [0.2, 0.25) is 0 Å². The van der Waals surface area contributed by atoms with Gasteiger partial charge in [0, 0.05) is 23.9 Å². The number of rotatable bonds is 4. The molecular formula is C12H10FNOS. The molecule has 1 heterocycles. The molecule has 0 radical (unpaired) electrons. The van der Waals surface area contributed by atoms with E-state index in [9.17, 15) is 9.18 Å². The highest BCUT2D eigenvalue weighted by atomic mass is 32.1. The fourth-order valence-electron chi connectivity index (χ4n) is 1.41. The highest BCUT2D eigenvalue weighted by molar-refractivity contribution is 7.11. The Kier molecular flexibility index (Phi) is 3.41. The minimum atomic E-state index is -0.213. The van der Waals surface area contributed by atoms with Crippen molar-refractivity contribution in [3.8, 4) is 0 Å². The molecule has 0 unspecified atom stereocenters. The molecule has 1 aromatic carbocycles. The molecule has 0 N–H and O–H groups in total. The first-order valence-electron chi connectivity index (χ1n) is 4.90. The molecule has 2 rings (SSSR count). The molecule has 0 fully saturated rings. The van der Waals surface area contributed by atoms with Crippen molar-refractivity contribution >= 4 is 17.6 Å². The van der Waals surface area contributed by atoms with Crippen molar-refractivity contribution in [1.82, 2.24) is 4.98 Å². The number of hydrogen-bond donors (Lipinski definition) is 0. The van der Waals surface area contributed by atoms with Gasteiger partial charge in [-0.05, 0) is 11.6 Å². The van der Waals surface area contributed by atoms with Gasteiger partial charge in [0.25, 0.3) is 0 Å². The molecule has 0 saturated carbocycles. The lowest BCUT2D eigenvalue weighted by molar-refractivity contribution is -0.107. The van der Waals surface area contributed by atoms with Gasteiger partial charge >= 0.3 is 0 Å². The third-order valence-corrected chi connectivity index (χ3v) is 3.21. The fraction of sp³-hybridized carbons (Fsp3) is 0.167. The summed E-state index contributed by atoms with van der Waals surface area (Å²) in [6.07, 6.45) is 3.39. The second-order valence-electron chi connectivity index (χ2n) is 3.36. The summed E-state index contributed by atoms with van der Waals surface area (Å²) in [6, 6.07) is 6.66. The van der Waals surface area contributed by atoms with E-state index in [4.69, 9.17) is 0 Å². The van der Waals surface area contributed by atoms with Gasteiger partial charge in [-0.1, -0.05) is 18.2 Å². The number of carbonyl (C=O) groups is 1. The van der Waals surface area contributed by atoms with Gasteiger partial charge in [0.15, 0.2) is 0 Å². The summed E-state index contributed by atoms with van der Waals surface area (Å²) in [5, 5.41) is 0.835. The minimum Gasteiger partial charge on any atom is -0.303 e. The van der Waals surface area contributed by atoms with Crippen molar-refractivity contribution in [2.24, 2.45) is 0 Å². The summed E-state index contributed by atoms with van der Waals surface area (Å²) in [6.45, 7) is 0. The van der Waals surface area contributed by atoms with Crippen LogP contribution < -0.4 is 0 Å². The Balaban J connectivity index is 2.14. The summed E-state index contributed by atoms with van der Waals surface area (Å²) in [5.74, 6) is -0.213. The van der Waals surface area contributed by atoms with Crippen LogP contribution in [-0.4, -0.2) is 11.3 Å². The fourth-order valence-corrected chi connectivity index (χ4v) is 2.30. The highest BCUT2D eigenvalue weighted by Gasteiger charge is 2.06. The quantitative estimate of drug-likeness (QED) is 0.762. The standard InChI is InChI=1S/C12H10FNOS/c13-11-4-2-1-3-9(11)7-12-14-8-10(16-12)5-6-15/h1-4,6,8H,5,7H2. The van der Waals surface area contributed by atoms with E-state index in [1.807, 2.05) is 0 Å². The van der Waals surface area contributed by atoms with Crippen LogP contribution in [0.15, 0.2) is 30.5 Å². The first-order valence-corrected chi connectivity index (χ1v) is 5.72. The Morgan fingerprint density at radius 2 is 2.19 bits per heavy atom. The van der Waals surface area contributed by atoms with E-state index in [-0.39, 0.29) is 5.82 Å². The summed E-state index contributed by atoms with van der Waals surface area (Å²) in [5.41, 5.74) is 0.634. The maximum absolute atomic E-state index is 13.4. The largest absolute Gasteiger partial charge is 0.303 e. The number of nitrogens with zero attached hydrogens (tertiary/aromatic N) is 1. The Bertz CT molecular complexity index is 495. The van der Waals surface area contributed by atoms with Crippen molar-refractivity contribution in [3.05, 3.63) is 51.7 Å². The van der Waals surface area contributed by atoms with Gasteiger partial charge in [0.05, 0.1) is 5.01 Å². The van der Waals surface area contributed by atoms with Crippen LogP contribution in [0.2, 0.25) is 0 Å². The number of carbonyl (C=O) groups excluding carboxylic acids is 1. The Hall–Kier alpha value is -1.55. The average molecular weight is 235 g/mol. The number of halogens is 1. The van der Waals surface area contributed by atoms with E-state index in [1.165, 1.54) is 17.4 Å². The van der Waals surface area contributed by atoms with Crippen LogP contribution in [0.5, 0.6) is 0 Å². The smallest absolute Gasteiger partial charge is 0.126 e. The predicted molar refractivity (Wildman–Crippen MR) is 61.1 cm³/mol. The molecule has 2 nitrogen and oxygen atoms in total. The molecule has 2 aromatic rings. The van der Waals surface area contributed by atoms with Gasteiger partial charge in [-0.3, -0.25) is 0 Å². The van der Waals surface area contributed by atoms with Crippen LogP contribution in [0, 0.1) is 5.82 Å². The van der Waals surface area contributed by atoms with E-state index >= 15 is 0 Å². The van der Waals surface area contributed by atoms with Crippen molar-refractivity contribution in [3.63, 3.8) is 0 Å². The molecule has 0 amide bonds. The molecule has 82 valence electrons. The molecule has 4 heteroatoms. The Labute approximate surface area is 96.8 Å².